The molecule has 1 saturated carbocycles. The summed E-state index contributed by atoms with van der Waals surface area (Å²) in [5.41, 5.74) is 0.992. The lowest BCUT2D eigenvalue weighted by Gasteiger charge is -2.12. The Kier molecular flexibility index (Phi) is 5.14. The van der Waals surface area contributed by atoms with Crippen LogP contribution < -0.4 is 10.6 Å². The molecule has 0 radical (unpaired) electrons. The van der Waals surface area contributed by atoms with Crippen LogP contribution in [0, 0.1) is 5.92 Å². The monoisotopic (exact) mass is 304 g/mol. The van der Waals surface area contributed by atoms with Crippen molar-refractivity contribution >= 4 is 23.5 Å². The summed E-state index contributed by atoms with van der Waals surface area (Å²) >= 11 is 0. The zero-order chi connectivity index (χ0) is 16.1. The fraction of sp³-hybridized carbons (Fsp3) is 0.438. The number of carboxylic acid groups (broad SMARTS) is 1. The summed E-state index contributed by atoms with van der Waals surface area (Å²) in [6.07, 6.45) is 4.34. The number of amides is 2. The highest BCUT2D eigenvalue weighted by Gasteiger charge is 2.21. The van der Waals surface area contributed by atoms with Gasteiger partial charge in [-0.3, -0.25) is 14.4 Å². The summed E-state index contributed by atoms with van der Waals surface area (Å²) in [5.74, 6) is -3.00. The van der Waals surface area contributed by atoms with Crippen molar-refractivity contribution in [2.45, 2.75) is 38.6 Å². The van der Waals surface area contributed by atoms with E-state index in [2.05, 4.69) is 10.6 Å². The van der Waals surface area contributed by atoms with E-state index in [1.807, 2.05) is 0 Å². The fourth-order valence-corrected chi connectivity index (χ4v) is 2.41. The van der Waals surface area contributed by atoms with Crippen LogP contribution in [0.5, 0.6) is 0 Å². The maximum Gasteiger partial charge on any atom is 0.315 e. The molecule has 1 atom stereocenters. The van der Waals surface area contributed by atoms with Gasteiger partial charge >= 0.3 is 5.97 Å². The van der Waals surface area contributed by atoms with Gasteiger partial charge < -0.3 is 15.7 Å². The van der Waals surface area contributed by atoms with Crippen molar-refractivity contribution < 1.29 is 19.5 Å². The van der Waals surface area contributed by atoms with Crippen molar-refractivity contribution in [2.75, 3.05) is 5.32 Å². The molecular formula is C16H20N2O4. The van der Waals surface area contributed by atoms with Crippen LogP contribution in [0.25, 0.3) is 0 Å². The number of anilines is 1. The molecule has 0 bridgehead atoms. The van der Waals surface area contributed by atoms with Crippen LogP contribution in [0.2, 0.25) is 0 Å². The zero-order valence-corrected chi connectivity index (χ0v) is 12.5. The van der Waals surface area contributed by atoms with Crippen molar-refractivity contribution in [3.8, 4) is 0 Å². The van der Waals surface area contributed by atoms with Crippen LogP contribution in [0.4, 0.5) is 5.69 Å². The Morgan fingerprint density at radius 2 is 1.73 bits per heavy atom. The minimum absolute atomic E-state index is 0.122. The molecule has 22 heavy (non-hydrogen) atoms. The number of carbonyl (C=O) groups is 3. The molecule has 0 spiro atoms. The van der Waals surface area contributed by atoms with Crippen LogP contribution in [0.1, 0.15) is 43.0 Å². The Balaban J connectivity index is 1.93. The van der Waals surface area contributed by atoms with E-state index in [0.29, 0.717) is 11.3 Å². The van der Waals surface area contributed by atoms with Gasteiger partial charge in [-0.25, -0.2) is 0 Å². The normalized spacial score (nSPS) is 16.0. The largest absolute Gasteiger partial charge is 0.481 e. The number of hydrogen-bond acceptors (Lipinski definition) is 3. The topological polar surface area (TPSA) is 95.5 Å². The Labute approximate surface area is 128 Å². The summed E-state index contributed by atoms with van der Waals surface area (Å²) in [6, 6.07) is 6.67. The molecule has 1 fully saturated rings. The number of carboxylic acids is 1. The molecule has 0 saturated heterocycles. The second-order valence-electron chi connectivity index (χ2n) is 5.58. The third kappa shape index (κ3) is 4.07. The highest BCUT2D eigenvalue weighted by atomic mass is 16.4. The molecule has 0 heterocycles. The summed E-state index contributed by atoms with van der Waals surface area (Å²) in [6.45, 7) is 1.32. The minimum atomic E-state index is -1.18. The van der Waals surface area contributed by atoms with Crippen molar-refractivity contribution in [3.63, 3.8) is 0 Å². The van der Waals surface area contributed by atoms with Crippen LogP contribution in [-0.2, 0) is 9.59 Å². The molecule has 1 aliphatic rings. The van der Waals surface area contributed by atoms with Gasteiger partial charge in [0.05, 0.1) is 0 Å². The minimum Gasteiger partial charge on any atom is -0.481 e. The highest BCUT2D eigenvalue weighted by Crippen LogP contribution is 2.18. The fourth-order valence-electron chi connectivity index (χ4n) is 2.41. The summed E-state index contributed by atoms with van der Waals surface area (Å²) in [4.78, 5) is 34.4. The molecule has 1 aromatic carbocycles. The number of hydrogen-bond donors (Lipinski definition) is 3. The molecule has 6 heteroatoms. The number of rotatable bonds is 5. The molecular weight excluding hydrogens is 284 g/mol. The first-order valence-corrected chi connectivity index (χ1v) is 7.42. The number of nitrogens with one attached hydrogen (secondary N) is 2. The van der Waals surface area contributed by atoms with E-state index < -0.39 is 17.8 Å². The van der Waals surface area contributed by atoms with Crippen molar-refractivity contribution in [3.05, 3.63) is 29.8 Å². The Hall–Kier alpha value is -2.37. The standard InChI is InChI=1S/C16H20N2O4/c1-10(16(21)22)14(19)17-13-8-6-11(7-9-13)15(20)18-12-4-2-3-5-12/h6-10,12H,2-5H2,1H3,(H,17,19)(H,18,20)(H,21,22). The third-order valence-corrected chi connectivity index (χ3v) is 3.87. The van der Waals surface area contributed by atoms with Gasteiger partial charge in [0.25, 0.3) is 5.91 Å². The lowest BCUT2D eigenvalue weighted by molar-refractivity contribution is -0.144. The average molecular weight is 304 g/mol. The second-order valence-corrected chi connectivity index (χ2v) is 5.58. The van der Waals surface area contributed by atoms with Gasteiger partial charge in [-0.15, -0.1) is 0 Å². The SMILES string of the molecule is CC(C(=O)O)C(=O)Nc1ccc(C(=O)NC2CCCC2)cc1. The van der Waals surface area contributed by atoms with Crippen LogP contribution in [0.15, 0.2) is 24.3 Å². The van der Waals surface area contributed by atoms with Crippen molar-refractivity contribution in [2.24, 2.45) is 5.92 Å². The summed E-state index contributed by atoms with van der Waals surface area (Å²) in [7, 11) is 0. The maximum absolute atomic E-state index is 12.1. The van der Waals surface area contributed by atoms with Gasteiger partial charge in [0.15, 0.2) is 0 Å². The number of benzene rings is 1. The molecule has 0 aromatic heterocycles. The van der Waals surface area contributed by atoms with Crippen LogP contribution >= 0.6 is 0 Å². The molecule has 3 N–H and O–H groups in total. The molecule has 2 rings (SSSR count). The smallest absolute Gasteiger partial charge is 0.315 e. The molecule has 118 valence electrons. The predicted molar refractivity (Wildman–Crippen MR) is 81.6 cm³/mol. The molecule has 6 nitrogen and oxygen atoms in total. The van der Waals surface area contributed by atoms with Gasteiger partial charge in [-0.1, -0.05) is 12.8 Å². The quantitative estimate of drug-likeness (QED) is 0.725. The van der Waals surface area contributed by atoms with E-state index in [1.165, 1.54) is 6.92 Å². The van der Waals surface area contributed by atoms with Gasteiger partial charge in [-0.2, -0.15) is 0 Å². The summed E-state index contributed by atoms with van der Waals surface area (Å²) in [5, 5.41) is 14.3. The Bertz CT molecular complexity index is 562. The maximum atomic E-state index is 12.1. The predicted octanol–water partition coefficient (Wildman–Crippen LogP) is 2.02. The lowest BCUT2D eigenvalue weighted by atomic mass is 10.1. The zero-order valence-electron chi connectivity index (χ0n) is 12.5. The first-order chi connectivity index (χ1) is 10.5. The van der Waals surface area contributed by atoms with Gasteiger partial charge in [0.2, 0.25) is 5.91 Å². The van der Waals surface area contributed by atoms with E-state index in [4.69, 9.17) is 5.11 Å². The first-order valence-electron chi connectivity index (χ1n) is 7.42. The van der Waals surface area contributed by atoms with E-state index in [0.717, 1.165) is 25.7 Å². The van der Waals surface area contributed by atoms with Crippen LogP contribution in [-0.4, -0.2) is 28.9 Å². The van der Waals surface area contributed by atoms with Gasteiger partial charge in [0.1, 0.15) is 5.92 Å². The molecule has 1 unspecified atom stereocenters. The molecule has 0 aliphatic heterocycles. The van der Waals surface area contributed by atoms with Gasteiger partial charge in [-0.05, 0) is 44.0 Å². The molecule has 1 aliphatic carbocycles. The number of aliphatic carboxylic acids is 1. The highest BCUT2D eigenvalue weighted by molar-refractivity contribution is 6.04. The molecule has 1 aromatic rings. The third-order valence-electron chi connectivity index (χ3n) is 3.87. The number of carbonyl (C=O) groups excluding carboxylic acids is 2. The Morgan fingerprint density at radius 3 is 2.27 bits per heavy atom. The second kappa shape index (κ2) is 7.06. The van der Waals surface area contributed by atoms with E-state index >= 15 is 0 Å². The van der Waals surface area contributed by atoms with E-state index in [9.17, 15) is 14.4 Å². The van der Waals surface area contributed by atoms with E-state index in [-0.39, 0.29) is 11.9 Å². The van der Waals surface area contributed by atoms with Gasteiger partial charge in [0, 0.05) is 17.3 Å². The molecule has 2 amide bonds. The lowest BCUT2D eigenvalue weighted by Crippen LogP contribution is -2.32. The average Bonchev–Trinajstić information content (AvgIpc) is 2.99. The van der Waals surface area contributed by atoms with Crippen LogP contribution in [0.3, 0.4) is 0 Å². The van der Waals surface area contributed by atoms with Crippen molar-refractivity contribution in [1.29, 1.82) is 0 Å². The van der Waals surface area contributed by atoms with E-state index in [1.54, 1.807) is 24.3 Å². The van der Waals surface area contributed by atoms with Crippen molar-refractivity contribution in [1.82, 2.24) is 5.32 Å². The summed E-state index contributed by atoms with van der Waals surface area (Å²) < 4.78 is 0. The Morgan fingerprint density at radius 1 is 1.14 bits per heavy atom. The first kappa shape index (κ1) is 16.0.